The van der Waals surface area contributed by atoms with Crippen LogP contribution in [0.4, 0.5) is 0 Å². The minimum absolute atomic E-state index is 0.141. The maximum Gasteiger partial charge on any atom is 0.231 e. The number of carbonyl (C=O) groups is 1. The van der Waals surface area contributed by atoms with E-state index in [9.17, 15) is 4.79 Å². The molecule has 0 bridgehead atoms. The van der Waals surface area contributed by atoms with Crippen molar-refractivity contribution in [2.24, 2.45) is 5.73 Å². The van der Waals surface area contributed by atoms with Gasteiger partial charge in [0.05, 0.1) is 20.3 Å². The number of nitrogens with one attached hydrogen (secondary N) is 1. The van der Waals surface area contributed by atoms with Crippen molar-refractivity contribution in [3.05, 3.63) is 23.8 Å². The third-order valence-corrected chi connectivity index (χ3v) is 2.18. The summed E-state index contributed by atoms with van der Waals surface area (Å²) < 4.78 is 10.8. The Morgan fingerprint density at radius 1 is 1.47 bits per heavy atom. The number of carbonyl (C=O) groups excluding carboxylic acids is 1. The highest BCUT2D eigenvalue weighted by Gasteiger charge is 2.09. The summed E-state index contributed by atoms with van der Waals surface area (Å²) in [5, 5.41) is 2.94. The number of hydrogen-bond acceptors (Lipinski definition) is 4. The average molecular weight is 238 g/mol. The molecule has 0 saturated heterocycles. The van der Waals surface area contributed by atoms with E-state index in [1.165, 1.54) is 0 Å². The molecule has 1 aromatic rings. The minimum Gasteiger partial charge on any atom is -0.493 e. The fourth-order valence-electron chi connectivity index (χ4n) is 1.52. The second kappa shape index (κ2) is 6.75. The lowest BCUT2D eigenvalue weighted by molar-refractivity contribution is -0.117. The van der Waals surface area contributed by atoms with Gasteiger partial charge in [-0.15, -0.1) is 0 Å². The average Bonchev–Trinajstić information content (AvgIpc) is 2.29. The molecule has 0 unspecified atom stereocenters. The van der Waals surface area contributed by atoms with Crippen LogP contribution in [0.15, 0.2) is 18.2 Å². The number of ether oxygens (including phenoxy) is 2. The Bertz CT molecular complexity index is 380. The first-order valence-corrected chi connectivity index (χ1v) is 5.46. The molecule has 0 aliphatic rings. The topological polar surface area (TPSA) is 73.6 Å². The van der Waals surface area contributed by atoms with Crippen LogP contribution in [-0.4, -0.2) is 26.2 Å². The summed E-state index contributed by atoms with van der Waals surface area (Å²) in [5.74, 6) is 1.00. The molecule has 5 heteroatoms. The second-order valence-corrected chi connectivity index (χ2v) is 3.45. The van der Waals surface area contributed by atoms with E-state index in [2.05, 4.69) is 5.32 Å². The zero-order chi connectivity index (χ0) is 12.7. The molecule has 1 amide bonds. The van der Waals surface area contributed by atoms with Crippen LogP contribution in [0, 0.1) is 0 Å². The third kappa shape index (κ3) is 3.96. The van der Waals surface area contributed by atoms with Gasteiger partial charge in [0, 0.05) is 12.1 Å². The van der Waals surface area contributed by atoms with Gasteiger partial charge in [-0.05, 0) is 13.0 Å². The molecular weight excluding hydrogens is 220 g/mol. The van der Waals surface area contributed by atoms with Crippen molar-refractivity contribution >= 4 is 5.91 Å². The number of amides is 1. The molecular formula is C12H18N2O3. The molecule has 3 N–H and O–H groups in total. The number of methoxy groups -OCH3 is 1. The van der Waals surface area contributed by atoms with Crippen molar-refractivity contribution in [3.63, 3.8) is 0 Å². The Hall–Kier alpha value is -1.75. The SMILES string of the molecule is CCOc1cccc(CNCC(N)=O)c1OC. The Balaban J connectivity index is 2.76. The van der Waals surface area contributed by atoms with Gasteiger partial charge in [-0.25, -0.2) is 0 Å². The van der Waals surface area contributed by atoms with Crippen LogP contribution in [0.2, 0.25) is 0 Å². The third-order valence-electron chi connectivity index (χ3n) is 2.18. The van der Waals surface area contributed by atoms with E-state index < -0.39 is 0 Å². The molecule has 0 fully saturated rings. The fraction of sp³-hybridized carbons (Fsp3) is 0.417. The number of hydrogen-bond donors (Lipinski definition) is 2. The molecule has 1 aromatic carbocycles. The maximum absolute atomic E-state index is 10.6. The zero-order valence-electron chi connectivity index (χ0n) is 10.2. The van der Waals surface area contributed by atoms with Gasteiger partial charge in [0.15, 0.2) is 11.5 Å². The summed E-state index contributed by atoms with van der Waals surface area (Å²) in [4.78, 5) is 10.6. The van der Waals surface area contributed by atoms with Crippen molar-refractivity contribution in [1.82, 2.24) is 5.32 Å². The first-order valence-electron chi connectivity index (χ1n) is 5.46. The van der Waals surface area contributed by atoms with Crippen LogP contribution in [-0.2, 0) is 11.3 Å². The molecule has 0 aromatic heterocycles. The lowest BCUT2D eigenvalue weighted by Crippen LogP contribution is -2.28. The molecule has 0 aliphatic carbocycles. The summed E-state index contributed by atoms with van der Waals surface area (Å²) in [6, 6.07) is 5.64. The number of benzene rings is 1. The Morgan fingerprint density at radius 2 is 2.24 bits per heavy atom. The van der Waals surface area contributed by atoms with Gasteiger partial charge in [-0.1, -0.05) is 12.1 Å². The lowest BCUT2D eigenvalue weighted by Gasteiger charge is -2.13. The van der Waals surface area contributed by atoms with E-state index in [-0.39, 0.29) is 12.5 Å². The molecule has 94 valence electrons. The normalized spacial score (nSPS) is 10.0. The molecule has 0 spiro atoms. The van der Waals surface area contributed by atoms with Gasteiger partial charge in [0.2, 0.25) is 5.91 Å². The van der Waals surface area contributed by atoms with Gasteiger partial charge >= 0.3 is 0 Å². The summed E-state index contributed by atoms with van der Waals surface area (Å²) in [5.41, 5.74) is 5.98. The number of nitrogens with two attached hydrogens (primary N) is 1. The molecule has 1 rings (SSSR count). The lowest BCUT2D eigenvalue weighted by atomic mass is 10.2. The van der Waals surface area contributed by atoms with Crippen molar-refractivity contribution < 1.29 is 14.3 Å². The molecule has 17 heavy (non-hydrogen) atoms. The maximum atomic E-state index is 10.6. The zero-order valence-corrected chi connectivity index (χ0v) is 10.2. The van der Waals surface area contributed by atoms with Crippen LogP contribution >= 0.6 is 0 Å². The first-order chi connectivity index (χ1) is 8.19. The first kappa shape index (κ1) is 13.3. The van der Waals surface area contributed by atoms with E-state index in [0.29, 0.717) is 24.7 Å². The van der Waals surface area contributed by atoms with Gasteiger partial charge < -0.3 is 20.5 Å². The van der Waals surface area contributed by atoms with E-state index in [4.69, 9.17) is 15.2 Å². The van der Waals surface area contributed by atoms with Crippen molar-refractivity contribution in [1.29, 1.82) is 0 Å². The molecule has 0 radical (unpaired) electrons. The number of rotatable bonds is 7. The Kier molecular flexibility index (Phi) is 5.29. The molecule has 0 atom stereocenters. The van der Waals surface area contributed by atoms with E-state index in [1.807, 2.05) is 25.1 Å². The van der Waals surface area contributed by atoms with Crippen LogP contribution in [0.1, 0.15) is 12.5 Å². The quantitative estimate of drug-likeness (QED) is 0.732. The predicted octanol–water partition coefficient (Wildman–Crippen LogP) is 0.669. The minimum atomic E-state index is -0.384. The van der Waals surface area contributed by atoms with Gasteiger partial charge in [-0.3, -0.25) is 4.79 Å². The van der Waals surface area contributed by atoms with Crippen LogP contribution in [0.5, 0.6) is 11.5 Å². The van der Waals surface area contributed by atoms with Crippen molar-refractivity contribution in [2.45, 2.75) is 13.5 Å². The largest absolute Gasteiger partial charge is 0.493 e. The molecule has 0 saturated carbocycles. The predicted molar refractivity (Wildman–Crippen MR) is 65.1 cm³/mol. The number of primary amides is 1. The van der Waals surface area contributed by atoms with Crippen molar-refractivity contribution in [2.75, 3.05) is 20.3 Å². The summed E-state index contributed by atoms with van der Waals surface area (Å²) in [6.07, 6.45) is 0. The highest BCUT2D eigenvalue weighted by molar-refractivity contribution is 5.75. The fourth-order valence-corrected chi connectivity index (χ4v) is 1.52. The van der Waals surface area contributed by atoms with E-state index in [0.717, 1.165) is 5.56 Å². The van der Waals surface area contributed by atoms with Gasteiger partial charge in [0.1, 0.15) is 0 Å². The van der Waals surface area contributed by atoms with Gasteiger partial charge in [-0.2, -0.15) is 0 Å². The van der Waals surface area contributed by atoms with Gasteiger partial charge in [0.25, 0.3) is 0 Å². The van der Waals surface area contributed by atoms with Crippen molar-refractivity contribution in [3.8, 4) is 11.5 Å². The Labute approximate surface area is 101 Å². The standard InChI is InChI=1S/C12H18N2O3/c1-3-17-10-6-4-5-9(12(10)16-2)7-14-8-11(13)15/h4-6,14H,3,7-8H2,1-2H3,(H2,13,15). The molecule has 5 nitrogen and oxygen atoms in total. The summed E-state index contributed by atoms with van der Waals surface area (Å²) in [7, 11) is 1.59. The number of para-hydroxylation sites is 1. The Morgan fingerprint density at radius 3 is 2.82 bits per heavy atom. The van der Waals surface area contributed by atoms with Crippen LogP contribution in [0.3, 0.4) is 0 Å². The summed E-state index contributed by atoms with van der Waals surface area (Å²) in [6.45, 7) is 3.14. The highest BCUT2D eigenvalue weighted by atomic mass is 16.5. The summed E-state index contributed by atoms with van der Waals surface area (Å²) >= 11 is 0. The highest BCUT2D eigenvalue weighted by Crippen LogP contribution is 2.30. The monoisotopic (exact) mass is 238 g/mol. The van der Waals surface area contributed by atoms with Crippen LogP contribution in [0.25, 0.3) is 0 Å². The van der Waals surface area contributed by atoms with E-state index in [1.54, 1.807) is 7.11 Å². The van der Waals surface area contributed by atoms with Crippen LogP contribution < -0.4 is 20.5 Å². The second-order valence-electron chi connectivity index (χ2n) is 3.45. The smallest absolute Gasteiger partial charge is 0.231 e. The van der Waals surface area contributed by atoms with E-state index >= 15 is 0 Å². The molecule has 0 heterocycles. The molecule has 0 aliphatic heterocycles.